The molecule has 1 aromatic rings. The minimum Gasteiger partial charge on any atom is -0.496 e. The van der Waals surface area contributed by atoms with E-state index in [0.29, 0.717) is 10.8 Å². The predicted molar refractivity (Wildman–Crippen MR) is 77.4 cm³/mol. The molecule has 0 saturated carbocycles. The van der Waals surface area contributed by atoms with Gasteiger partial charge in [-0.15, -0.1) is 0 Å². The van der Waals surface area contributed by atoms with Gasteiger partial charge in [-0.1, -0.05) is 39.3 Å². The molecule has 3 nitrogen and oxygen atoms in total. The summed E-state index contributed by atoms with van der Waals surface area (Å²) in [5.41, 5.74) is 1.30. The molecule has 0 saturated heterocycles. The first-order chi connectivity index (χ1) is 8.69. The van der Waals surface area contributed by atoms with Crippen molar-refractivity contribution in [3.8, 4) is 5.75 Å². The molecule has 0 bridgehead atoms. The van der Waals surface area contributed by atoms with Gasteiger partial charge >= 0.3 is 5.97 Å². The molecule has 1 N–H and O–H groups in total. The standard InChI is InChI=1S/C15H21ClO3/c1-9(2)10-6-13(19-5)11(7-12(10)16)15(3,4)8-14(17)18/h6-7,9H,8H2,1-5H3,(H,17,18). The molecule has 0 fully saturated rings. The second-order valence-corrected chi connectivity index (χ2v) is 6.09. The van der Waals surface area contributed by atoms with Gasteiger partial charge in [-0.2, -0.15) is 0 Å². The highest BCUT2D eigenvalue weighted by atomic mass is 35.5. The van der Waals surface area contributed by atoms with Crippen molar-refractivity contribution in [1.82, 2.24) is 0 Å². The summed E-state index contributed by atoms with van der Waals surface area (Å²) >= 11 is 6.29. The number of ether oxygens (including phenoxy) is 1. The first kappa shape index (κ1) is 15.8. The minimum absolute atomic E-state index is 0.0285. The molecular weight excluding hydrogens is 264 g/mol. The molecule has 0 aliphatic rings. The highest BCUT2D eigenvalue weighted by molar-refractivity contribution is 6.31. The van der Waals surface area contributed by atoms with E-state index in [1.165, 1.54) is 0 Å². The maximum absolute atomic E-state index is 11.0. The highest BCUT2D eigenvalue weighted by Gasteiger charge is 2.28. The fraction of sp³-hybridized carbons (Fsp3) is 0.533. The van der Waals surface area contributed by atoms with Crippen molar-refractivity contribution >= 4 is 17.6 Å². The number of carbonyl (C=O) groups is 1. The van der Waals surface area contributed by atoms with E-state index in [1.807, 2.05) is 26.0 Å². The van der Waals surface area contributed by atoms with E-state index in [0.717, 1.165) is 11.1 Å². The van der Waals surface area contributed by atoms with E-state index >= 15 is 0 Å². The third-order valence-electron chi connectivity index (χ3n) is 3.26. The van der Waals surface area contributed by atoms with Crippen LogP contribution in [0.5, 0.6) is 5.75 Å². The van der Waals surface area contributed by atoms with Crippen molar-refractivity contribution in [2.75, 3.05) is 7.11 Å². The maximum Gasteiger partial charge on any atom is 0.304 e. The van der Waals surface area contributed by atoms with Crippen LogP contribution in [0.3, 0.4) is 0 Å². The molecule has 0 aliphatic heterocycles. The van der Waals surface area contributed by atoms with E-state index in [4.69, 9.17) is 21.4 Å². The monoisotopic (exact) mass is 284 g/mol. The molecule has 0 heterocycles. The number of carboxylic acid groups (broad SMARTS) is 1. The molecule has 0 unspecified atom stereocenters. The lowest BCUT2D eigenvalue weighted by atomic mass is 9.80. The van der Waals surface area contributed by atoms with Gasteiger partial charge in [0.25, 0.3) is 0 Å². The van der Waals surface area contributed by atoms with Crippen LogP contribution >= 0.6 is 11.6 Å². The summed E-state index contributed by atoms with van der Waals surface area (Å²) in [6.45, 7) is 7.88. The number of aliphatic carboxylic acids is 1. The van der Waals surface area contributed by atoms with Crippen molar-refractivity contribution < 1.29 is 14.6 Å². The molecule has 0 radical (unpaired) electrons. The van der Waals surface area contributed by atoms with Crippen LogP contribution in [0.1, 0.15) is 51.2 Å². The van der Waals surface area contributed by atoms with Crippen LogP contribution in [0.4, 0.5) is 0 Å². The van der Waals surface area contributed by atoms with Crippen LogP contribution in [0.2, 0.25) is 5.02 Å². The SMILES string of the molecule is COc1cc(C(C)C)c(Cl)cc1C(C)(C)CC(=O)O. The summed E-state index contributed by atoms with van der Waals surface area (Å²) in [7, 11) is 1.59. The lowest BCUT2D eigenvalue weighted by Gasteiger charge is -2.26. The molecule has 1 aromatic carbocycles. The molecule has 0 atom stereocenters. The van der Waals surface area contributed by atoms with Crippen LogP contribution in [-0.2, 0) is 10.2 Å². The number of halogens is 1. The Morgan fingerprint density at radius 3 is 2.42 bits per heavy atom. The molecule has 4 heteroatoms. The van der Waals surface area contributed by atoms with Gasteiger partial charge in [-0.05, 0) is 23.6 Å². The predicted octanol–water partition coefficient (Wildman–Crippen LogP) is 4.22. The summed E-state index contributed by atoms with van der Waals surface area (Å²) in [5, 5.41) is 9.67. The Morgan fingerprint density at radius 1 is 1.42 bits per heavy atom. The Kier molecular flexibility index (Phi) is 4.86. The van der Waals surface area contributed by atoms with Gasteiger partial charge in [0.2, 0.25) is 0 Å². The first-order valence-corrected chi connectivity index (χ1v) is 6.66. The molecular formula is C15H21ClO3. The third-order valence-corrected chi connectivity index (χ3v) is 3.59. The average molecular weight is 285 g/mol. The van der Waals surface area contributed by atoms with Crippen LogP contribution in [0, 0.1) is 0 Å². The Morgan fingerprint density at radius 2 is 2.00 bits per heavy atom. The molecule has 1 rings (SSSR count). The van der Waals surface area contributed by atoms with Crippen LogP contribution < -0.4 is 4.74 Å². The van der Waals surface area contributed by atoms with E-state index in [-0.39, 0.29) is 12.3 Å². The molecule has 19 heavy (non-hydrogen) atoms. The topological polar surface area (TPSA) is 46.5 Å². The average Bonchev–Trinajstić information content (AvgIpc) is 2.26. The minimum atomic E-state index is -0.837. The van der Waals surface area contributed by atoms with Gasteiger partial charge in [-0.3, -0.25) is 4.79 Å². The smallest absolute Gasteiger partial charge is 0.304 e. The lowest BCUT2D eigenvalue weighted by molar-refractivity contribution is -0.138. The van der Waals surface area contributed by atoms with E-state index < -0.39 is 11.4 Å². The van der Waals surface area contributed by atoms with Gasteiger partial charge in [-0.25, -0.2) is 0 Å². The normalized spacial score (nSPS) is 11.7. The number of methoxy groups -OCH3 is 1. The summed E-state index contributed by atoms with van der Waals surface area (Å²) in [6.07, 6.45) is 0.0285. The Balaban J connectivity index is 3.35. The van der Waals surface area contributed by atoms with Crippen molar-refractivity contribution in [3.63, 3.8) is 0 Å². The fourth-order valence-electron chi connectivity index (χ4n) is 2.18. The summed E-state index contributed by atoms with van der Waals surface area (Å²) < 4.78 is 5.41. The molecule has 0 aromatic heterocycles. The van der Waals surface area contributed by atoms with E-state index in [2.05, 4.69) is 13.8 Å². The zero-order valence-corrected chi connectivity index (χ0v) is 12.8. The van der Waals surface area contributed by atoms with Gasteiger partial charge in [0.15, 0.2) is 0 Å². The van der Waals surface area contributed by atoms with E-state index in [1.54, 1.807) is 7.11 Å². The Bertz CT molecular complexity index is 479. The van der Waals surface area contributed by atoms with Crippen molar-refractivity contribution in [1.29, 1.82) is 0 Å². The zero-order chi connectivity index (χ0) is 14.8. The van der Waals surface area contributed by atoms with Crippen molar-refractivity contribution in [2.45, 2.75) is 45.4 Å². The third kappa shape index (κ3) is 3.63. The fourth-order valence-corrected chi connectivity index (χ4v) is 2.56. The van der Waals surface area contributed by atoms with Crippen molar-refractivity contribution in [3.05, 3.63) is 28.3 Å². The second kappa shape index (κ2) is 5.83. The van der Waals surface area contributed by atoms with Gasteiger partial charge in [0.05, 0.1) is 13.5 Å². The van der Waals surface area contributed by atoms with Gasteiger partial charge in [0.1, 0.15) is 5.75 Å². The zero-order valence-electron chi connectivity index (χ0n) is 12.1. The second-order valence-electron chi connectivity index (χ2n) is 5.68. The Hall–Kier alpha value is -1.22. The van der Waals surface area contributed by atoms with Crippen LogP contribution in [0.15, 0.2) is 12.1 Å². The van der Waals surface area contributed by atoms with Gasteiger partial charge in [0, 0.05) is 16.0 Å². The number of carboxylic acids is 1. The molecule has 0 aliphatic carbocycles. The first-order valence-electron chi connectivity index (χ1n) is 6.28. The van der Waals surface area contributed by atoms with E-state index in [9.17, 15) is 4.79 Å². The summed E-state index contributed by atoms with van der Waals surface area (Å²) in [5.74, 6) is 0.147. The van der Waals surface area contributed by atoms with Crippen molar-refractivity contribution in [2.24, 2.45) is 0 Å². The summed E-state index contributed by atoms with van der Waals surface area (Å²) in [4.78, 5) is 11.0. The Labute approximate surface area is 119 Å². The van der Waals surface area contributed by atoms with Crippen LogP contribution in [0.25, 0.3) is 0 Å². The number of rotatable bonds is 5. The maximum atomic E-state index is 11.0. The molecule has 106 valence electrons. The van der Waals surface area contributed by atoms with Gasteiger partial charge < -0.3 is 9.84 Å². The molecule has 0 amide bonds. The quantitative estimate of drug-likeness (QED) is 0.880. The summed E-state index contributed by atoms with van der Waals surface area (Å²) in [6, 6.07) is 3.74. The number of hydrogen-bond acceptors (Lipinski definition) is 2. The number of benzene rings is 1. The van der Waals surface area contributed by atoms with Crippen LogP contribution in [-0.4, -0.2) is 18.2 Å². The lowest BCUT2D eigenvalue weighted by Crippen LogP contribution is -2.22. The molecule has 0 spiro atoms. The highest BCUT2D eigenvalue weighted by Crippen LogP contribution is 2.39. The number of hydrogen-bond donors (Lipinski definition) is 1. The largest absolute Gasteiger partial charge is 0.496 e.